The van der Waals surface area contributed by atoms with Crippen LogP contribution in [0.25, 0.3) is 21.6 Å². The van der Waals surface area contributed by atoms with Crippen LogP contribution < -0.4 is 10.6 Å². The summed E-state index contributed by atoms with van der Waals surface area (Å²) in [6.45, 7) is 7.10. The first kappa shape index (κ1) is 22.0. The Bertz CT molecular complexity index is 967. The van der Waals surface area contributed by atoms with Crippen molar-refractivity contribution in [1.82, 2.24) is 20.3 Å². The number of fused-ring (bicyclic) bond motifs is 1. The molecule has 0 spiro atoms. The predicted molar refractivity (Wildman–Crippen MR) is 122 cm³/mol. The Hall–Kier alpha value is -2.74. The number of thiazole rings is 1. The molecule has 0 saturated carbocycles. The second-order valence-corrected chi connectivity index (χ2v) is 9.07. The Balaban J connectivity index is 1.33. The molecule has 0 aliphatic carbocycles. The highest BCUT2D eigenvalue weighted by Gasteiger charge is 2.15. The Labute approximate surface area is 181 Å². The van der Waals surface area contributed by atoms with E-state index in [1.165, 1.54) is 0 Å². The van der Waals surface area contributed by atoms with E-state index in [9.17, 15) is 4.79 Å². The maximum atomic E-state index is 11.6. The largest absolute Gasteiger partial charge is 0.444 e. The van der Waals surface area contributed by atoms with Gasteiger partial charge in [-0.25, -0.2) is 14.8 Å². The van der Waals surface area contributed by atoms with Crippen LogP contribution in [0.15, 0.2) is 36.7 Å². The molecule has 160 valence electrons. The molecule has 0 radical (unpaired) electrons. The summed E-state index contributed by atoms with van der Waals surface area (Å²) in [6.07, 6.45) is 7.45. The van der Waals surface area contributed by atoms with Crippen LogP contribution in [0.1, 0.15) is 46.5 Å². The van der Waals surface area contributed by atoms with Crippen LogP contribution in [0.5, 0.6) is 0 Å². The Morgan fingerprint density at radius 3 is 2.50 bits per heavy atom. The number of amides is 1. The minimum absolute atomic E-state index is 0.347. The second-order valence-electron chi connectivity index (χ2n) is 8.04. The number of nitrogens with one attached hydrogen (secondary N) is 2. The number of nitrogens with zero attached hydrogens (tertiary/aromatic N) is 3. The third-order valence-corrected chi connectivity index (χ3v) is 5.23. The second kappa shape index (κ2) is 10.3. The van der Waals surface area contributed by atoms with Crippen LogP contribution in [-0.2, 0) is 4.74 Å². The molecule has 3 rings (SSSR count). The van der Waals surface area contributed by atoms with E-state index < -0.39 is 5.60 Å². The maximum Gasteiger partial charge on any atom is 0.407 e. The topological polar surface area (TPSA) is 89.0 Å². The zero-order valence-electron chi connectivity index (χ0n) is 17.8. The van der Waals surface area contributed by atoms with Crippen LogP contribution in [0.4, 0.5) is 9.93 Å². The first-order chi connectivity index (χ1) is 14.4. The monoisotopic (exact) mass is 427 g/mol. The van der Waals surface area contributed by atoms with E-state index in [0.717, 1.165) is 59.0 Å². The summed E-state index contributed by atoms with van der Waals surface area (Å²) in [6, 6.07) is 7.85. The number of aromatic nitrogens is 3. The van der Waals surface area contributed by atoms with E-state index in [0.29, 0.717) is 6.54 Å². The number of ether oxygens (including phenoxy) is 1. The molecule has 0 bridgehead atoms. The van der Waals surface area contributed by atoms with Gasteiger partial charge in [0.25, 0.3) is 0 Å². The van der Waals surface area contributed by atoms with Gasteiger partial charge >= 0.3 is 6.09 Å². The number of rotatable bonds is 9. The van der Waals surface area contributed by atoms with Crippen molar-refractivity contribution in [1.29, 1.82) is 0 Å². The predicted octanol–water partition coefficient (Wildman–Crippen LogP) is 5.25. The van der Waals surface area contributed by atoms with Gasteiger partial charge in [0.2, 0.25) is 0 Å². The molecule has 8 heteroatoms. The molecule has 2 aromatic heterocycles. The molecule has 1 aromatic carbocycles. The molecule has 0 aliphatic rings. The van der Waals surface area contributed by atoms with Crippen molar-refractivity contribution >= 4 is 33.6 Å². The fourth-order valence-corrected chi connectivity index (χ4v) is 3.65. The van der Waals surface area contributed by atoms with Gasteiger partial charge in [0, 0.05) is 19.3 Å². The average molecular weight is 428 g/mol. The molecule has 0 atom stereocenters. The fourth-order valence-electron chi connectivity index (χ4n) is 2.85. The molecule has 0 saturated heterocycles. The Kier molecular flexibility index (Phi) is 7.57. The van der Waals surface area contributed by atoms with Gasteiger partial charge in [0.15, 0.2) is 5.13 Å². The summed E-state index contributed by atoms with van der Waals surface area (Å²) < 4.78 is 5.21. The van der Waals surface area contributed by atoms with Crippen LogP contribution in [0, 0.1) is 0 Å². The normalized spacial score (nSPS) is 11.4. The fraction of sp³-hybridized carbons (Fsp3) is 0.455. The number of carbonyl (C=O) groups excluding carboxylic acids is 1. The maximum absolute atomic E-state index is 11.6. The standard InChI is InChI=1S/C22H29N5O2S/c1-22(2,3)29-21(28)24-13-9-5-4-8-12-23-20-26-15-19(30-20)18-14-25-16-10-6-7-11-17(16)27-18/h6-7,10-11,14-15H,4-5,8-9,12-13H2,1-3H3,(H,23,26)(H,24,28). The summed E-state index contributed by atoms with van der Waals surface area (Å²) in [5.74, 6) is 0. The molecular formula is C22H29N5O2S. The number of benzene rings is 1. The lowest BCUT2D eigenvalue weighted by atomic mass is 10.2. The van der Waals surface area contributed by atoms with E-state index in [-0.39, 0.29) is 6.09 Å². The van der Waals surface area contributed by atoms with E-state index >= 15 is 0 Å². The van der Waals surface area contributed by atoms with E-state index in [4.69, 9.17) is 4.74 Å². The number of unbranched alkanes of at least 4 members (excludes halogenated alkanes) is 3. The van der Waals surface area contributed by atoms with Crippen LogP contribution in [0.3, 0.4) is 0 Å². The third-order valence-electron chi connectivity index (χ3n) is 4.25. The van der Waals surface area contributed by atoms with Gasteiger partial charge in [-0.15, -0.1) is 0 Å². The number of hydrogen-bond donors (Lipinski definition) is 2. The van der Waals surface area contributed by atoms with Crippen molar-refractivity contribution < 1.29 is 9.53 Å². The molecule has 0 fully saturated rings. The van der Waals surface area contributed by atoms with E-state index in [1.54, 1.807) is 17.5 Å². The molecular weight excluding hydrogens is 398 g/mol. The lowest BCUT2D eigenvalue weighted by Crippen LogP contribution is -2.32. The number of anilines is 1. The van der Waals surface area contributed by atoms with Crippen LogP contribution in [0.2, 0.25) is 0 Å². The zero-order valence-corrected chi connectivity index (χ0v) is 18.6. The number of carbonyl (C=O) groups is 1. The average Bonchev–Trinajstić information content (AvgIpc) is 3.17. The lowest BCUT2D eigenvalue weighted by molar-refractivity contribution is 0.0527. The van der Waals surface area contributed by atoms with Gasteiger partial charge in [0.1, 0.15) is 11.3 Å². The van der Waals surface area contributed by atoms with Crippen molar-refractivity contribution in [3.63, 3.8) is 0 Å². The molecule has 30 heavy (non-hydrogen) atoms. The zero-order chi connectivity index (χ0) is 21.4. The van der Waals surface area contributed by atoms with Gasteiger partial charge in [-0.3, -0.25) is 4.98 Å². The van der Waals surface area contributed by atoms with Gasteiger partial charge < -0.3 is 15.4 Å². The lowest BCUT2D eigenvalue weighted by Gasteiger charge is -2.19. The highest BCUT2D eigenvalue weighted by Crippen LogP contribution is 2.28. The first-order valence-corrected chi connectivity index (χ1v) is 11.1. The molecule has 1 amide bonds. The number of para-hydroxylation sites is 2. The summed E-state index contributed by atoms with van der Waals surface area (Å²) in [7, 11) is 0. The van der Waals surface area contributed by atoms with Crippen molar-refractivity contribution in [3.05, 3.63) is 36.7 Å². The first-order valence-electron chi connectivity index (χ1n) is 10.3. The smallest absolute Gasteiger partial charge is 0.407 e. The highest BCUT2D eigenvalue weighted by atomic mass is 32.1. The van der Waals surface area contributed by atoms with Gasteiger partial charge in [-0.1, -0.05) is 36.3 Å². The van der Waals surface area contributed by atoms with E-state index in [2.05, 4.69) is 25.6 Å². The van der Waals surface area contributed by atoms with Crippen LogP contribution in [-0.4, -0.2) is 39.7 Å². The third kappa shape index (κ3) is 6.95. The highest BCUT2D eigenvalue weighted by molar-refractivity contribution is 7.18. The summed E-state index contributed by atoms with van der Waals surface area (Å²) in [4.78, 5) is 26.2. The summed E-state index contributed by atoms with van der Waals surface area (Å²) in [5.41, 5.74) is 2.17. The minimum atomic E-state index is -0.452. The Morgan fingerprint density at radius 1 is 1.00 bits per heavy atom. The molecule has 0 unspecified atom stereocenters. The van der Waals surface area contributed by atoms with Gasteiger partial charge in [0.05, 0.1) is 22.1 Å². The van der Waals surface area contributed by atoms with Crippen molar-refractivity contribution in [2.24, 2.45) is 0 Å². The quantitative estimate of drug-likeness (QED) is 0.453. The summed E-state index contributed by atoms with van der Waals surface area (Å²) >= 11 is 1.59. The number of hydrogen-bond acceptors (Lipinski definition) is 7. The summed E-state index contributed by atoms with van der Waals surface area (Å²) in [5, 5.41) is 7.06. The van der Waals surface area contributed by atoms with Crippen molar-refractivity contribution in [2.75, 3.05) is 18.4 Å². The Morgan fingerprint density at radius 2 is 1.73 bits per heavy atom. The van der Waals surface area contributed by atoms with Crippen molar-refractivity contribution in [2.45, 2.75) is 52.1 Å². The molecule has 0 aliphatic heterocycles. The molecule has 3 aromatic rings. The van der Waals surface area contributed by atoms with Crippen LogP contribution >= 0.6 is 11.3 Å². The minimum Gasteiger partial charge on any atom is -0.444 e. The van der Waals surface area contributed by atoms with Crippen molar-refractivity contribution in [3.8, 4) is 10.6 Å². The number of alkyl carbamates (subject to hydrolysis) is 1. The molecule has 7 nitrogen and oxygen atoms in total. The molecule has 2 N–H and O–H groups in total. The molecule has 2 heterocycles. The van der Waals surface area contributed by atoms with E-state index in [1.807, 2.05) is 51.2 Å². The SMILES string of the molecule is CC(C)(C)OC(=O)NCCCCCCNc1ncc(-c2cnc3ccccc3n2)s1. The van der Waals surface area contributed by atoms with Gasteiger partial charge in [-0.05, 0) is 45.7 Å². The van der Waals surface area contributed by atoms with Gasteiger partial charge in [-0.2, -0.15) is 0 Å².